The fourth-order valence-electron chi connectivity index (χ4n) is 1.90. The smallest absolute Gasteiger partial charge is 0.179 e. The predicted molar refractivity (Wildman–Crippen MR) is 37.1 cm³/mol. The Morgan fingerprint density at radius 1 is 1.50 bits per heavy atom. The quantitative estimate of drug-likeness (QED) is 0.468. The topological polar surface area (TPSA) is 39.1 Å². The third-order valence-electron chi connectivity index (χ3n) is 2.53. The molecular formula is C7H11N3. The molecule has 0 aromatic rings. The van der Waals surface area contributed by atoms with Crippen LogP contribution in [0, 0.1) is 16.9 Å². The van der Waals surface area contributed by atoms with Gasteiger partial charge in [-0.2, -0.15) is 5.26 Å². The Hall–Kier alpha value is -0.750. The van der Waals surface area contributed by atoms with Gasteiger partial charge in [-0.15, -0.1) is 0 Å². The van der Waals surface area contributed by atoms with E-state index in [-0.39, 0.29) is 0 Å². The molecule has 2 aliphatic heterocycles. The summed E-state index contributed by atoms with van der Waals surface area (Å²) >= 11 is 0. The maximum Gasteiger partial charge on any atom is 0.179 e. The number of nitrogens with one attached hydrogen (secondary N) is 1. The first-order valence-electron chi connectivity index (χ1n) is 3.70. The van der Waals surface area contributed by atoms with Crippen LogP contribution < -0.4 is 5.32 Å². The van der Waals surface area contributed by atoms with E-state index in [1.54, 1.807) is 0 Å². The molecule has 0 unspecified atom stereocenters. The van der Waals surface area contributed by atoms with Crippen LogP contribution in [0.4, 0.5) is 0 Å². The van der Waals surface area contributed by atoms with Crippen molar-refractivity contribution in [2.45, 2.75) is 6.42 Å². The summed E-state index contributed by atoms with van der Waals surface area (Å²) in [7, 11) is 0. The minimum atomic E-state index is 0.482. The van der Waals surface area contributed by atoms with Crippen LogP contribution >= 0.6 is 0 Å². The van der Waals surface area contributed by atoms with E-state index in [0.29, 0.717) is 5.41 Å². The molecule has 0 aliphatic carbocycles. The minimum absolute atomic E-state index is 0.482. The second-order valence-electron chi connectivity index (χ2n) is 3.38. The summed E-state index contributed by atoms with van der Waals surface area (Å²) < 4.78 is 0. The number of nitrogens with zero attached hydrogens (tertiary/aromatic N) is 2. The van der Waals surface area contributed by atoms with Gasteiger partial charge >= 0.3 is 0 Å². The van der Waals surface area contributed by atoms with Gasteiger partial charge in [-0.3, -0.25) is 0 Å². The maximum atomic E-state index is 8.49. The molecule has 0 atom stereocenters. The van der Waals surface area contributed by atoms with Gasteiger partial charge in [-0.1, -0.05) is 0 Å². The first-order valence-corrected chi connectivity index (χ1v) is 3.70. The summed E-state index contributed by atoms with van der Waals surface area (Å²) in [6.45, 7) is 4.22. The molecule has 1 spiro atoms. The van der Waals surface area contributed by atoms with Gasteiger partial charge in [0, 0.05) is 25.0 Å². The summed E-state index contributed by atoms with van der Waals surface area (Å²) in [5, 5.41) is 11.8. The number of rotatable bonds is 0. The Morgan fingerprint density at radius 2 is 2.30 bits per heavy atom. The second-order valence-corrected chi connectivity index (χ2v) is 3.38. The molecule has 3 nitrogen and oxygen atoms in total. The highest BCUT2D eigenvalue weighted by atomic mass is 15.2. The van der Waals surface area contributed by atoms with E-state index in [1.807, 2.05) is 4.90 Å². The van der Waals surface area contributed by atoms with Crippen molar-refractivity contribution in [2.75, 3.05) is 26.2 Å². The van der Waals surface area contributed by atoms with Gasteiger partial charge in [0.1, 0.15) is 0 Å². The Kier molecular flexibility index (Phi) is 1.12. The maximum absolute atomic E-state index is 8.49. The van der Waals surface area contributed by atoms with Crippen molar-refractivity contribution in [3.05, 3.63) is 0 Å². The molecule has 2 heterocycles. The summed E-state index contributed by atoms with van der Waals surface area (Å²) in [6, 6.07) is 0. The summed E-state index contributed by atoms with van der Waals surface area (Å²) in [5.41, 5.74) is 0.482. The van der Waals surface area contributed by atoms with E-state index in [0.717, 1.165) is 26.2 Å². The van der Waals surface area contributed by atoms with Gasteiger partial charge in [-0.05, 0) is 13.0 Å². The Balaban J connectivity index is 1.94. The van der Waals surface area contributed by atoms with Gasteiger partial charge in [0.15, 0.2) is 6.19 Å². The van der Waals surface area contributed by atoms with E-state index < -0.39 is 0 Å². The lowest BCUT2D eigenvalue weighted by Gasteiger charge is -2.44. The summed E-state index contributed by atoms with van der Waals surface area (Å²) in [6.07, 6.45) is 3.41. The zero-order chi connectivity index (χ0) is 7.03. The highest BCUT2D eigenvalue weighted by molar-refractivity contribution is 5.03. The monoisotopic (exact) mass is 137 g/mol. The van der Waals surface area contributed by atoms with Crippen LogP contribution in [0.1, 0.15) is 6.42 Å². The molecule has 0 aromatic heterocycles. The fraction of sp³-hybridized carbons (Fsp3) is 0.857. The molecule has 2 rings (SSSR count). The molecule has 3 heteroatoms. The van der Waals surface area contributed by atoms with Gasteiger partial charge < -0.3 is 10.2 Å². The lowest BCUT2D eigenvalue weighted by Crippen LogP contribution is -2.54. The van der Waals surface area contributed by atoms with Crippen molar-refractivity contribution in [3.63, 3.8) is 0 Å². The summed E-state index contributed by atoms with van der Waals surface area (Å²) in [5.74, 6) is 0. The van der Waals surface area contributed by atoms with Crippen molar-refractivity contribution in [1.29, 1.82) is 5.26 Å². The van der Waals surface area contributed by atoms with Crippen molar-refractivity contribution in [3.8, 4) is 6.19 Å². The highest BCUT2D eigenvalue weighted by Crippen LogP contribution is 2.35. The van der Waals surface area contributed by atoms with Crippen LogP contribution in [0.2, 0.25) is 0 Å². The zero-order valence-corrected chi connectivity index (χ0v) is 5.93. The van der Waals surface area contributed by atoms with Gasteiger partial charge in [0.2, 0.25) is 0 Å². The van der Waals surface area contributed by atoms with E-state index in [4.69, 9.17) is 5.26 Å². The fourth-order valence-corrected chi connectivity index (χ4v) is 1.90. The van der Waals surface area contributed by atoms with Gasteiger partial charge in [0.05, 0.1) is 0 Å². The number of nitriles is 1. The van der Waals surface area contributed by atoms with Crippen molar-refractivity contribution in [1.82, 2.24) is 10.2 Å². The van der Waals surface area contributed by atoms with Crippen molar-refractivity contribution >= 4 is 0 Å². The molecule has 2 fully saturated rings. The van der Waals surface area contributed by atoms with E-state index in [9.17, 15) is 0 Å². The average Bonchev–Trinajstić information content (AvgIpc) is 2.30. The van der Waals surface area contributed by atoms with Crippen LogP contribution in [0.3, 0.4) is 0 Å². The molecule has 54 valence electrons. The number of likely N-dealkylation sites (tertiary alicyclic amines) is 1. The molecule has 2 aliphatic rings. The highest BCUT2D eigenvalue weighted by Gasteiger charge is 2.44. The van der Waals surface area contributed by atoms with Crippen LogP contribution in [-0.4, -0.2) is 31.1 Å². The largest absolute Gasteiger partial charge is 0.316 e. The summed E-state index contributed by atoms with van der Waals surface area (Å²) in [4.78, 5) is 1.83. The first kappa shape index (κ1) is 5.99. The van der Waals surface area contributed by atoms with Gasteiger partial charge in [-0.25, -0.2) is 0 Å². The van der Waals surface area contributed by atoms with Crippen LogP contribution in [0.5, 0.6) is 0 Å². The molecule has 1 N–H and O–H groups in total. The molecule has 0 radical (unpaired) electrons. The molecule has 2 saturated heterocycles. The Labute approximate surface area is 60.6 Å². The zero-order valence-electron chi connectivity index (χ0n) is 5.93. The SMILES string of the molecule is N#CN1CC2(CCNC2)C1. The first-order chi connectivity index (χ1) is 4.85. The van der Waals surface area contributed by atoms with Crippen LogP contribution in [0.25, 0.3) is 0 Å². The molecule has 0 amide bonds. The van der Waals surface area contributed by atoms with Crippen molar-refractivity contribution < 1.29 is 0 Å². The Morgan fingerprint density at radius 3 is 2.80 bits per heavy atom. The third-order valence-corrected chi connectivity index (χ3v) is 2.53. The van der Waals surface area contributed by atoms with Crippen LogP contribution in [0.15, 0.2) is 0 Å². The Bertz CT molecular complexity index is 168. The van der Waals surface area contributed by atoms with E-state index in [1.165, 1.54) is 6.42 Å². The molecular weight excluding hydrogens is 126 g/mol. The lowest BCUT2D eigenvalue weighted by molar-refractivity contribution is 0.0678. The molecule has 0 bridgehead atoms. The molecule has 0 saturated carbocycles. The lowest BCUT2D eigenvalue weighted by atomic mass is 9.80. The third kappa shape index (κ3) is 0.691. The van der Waals surface area contributed by atoms with E-state index >= 15 is 0 Å². The predicted octanol–water partition coefficient (Wildman–Crippen LogP) is -0.237. The molecule has 0 aromatic carbocycles. The minimum Gasteiger partial charge on any atom is -0.316 e. The second kappa shape index (κ2) is 1.86. The van der Waals surface area contributed by atoms with Crippen LogP contribution in [-0.2, 0) is 0 Å². The molecule has 10 heavy (non-hydrogen) atoms. The normalized spacial score (nSPS) is 28.1. The standard InChI is InChI=1S/C7H11N3/c8-6-10-4-7(5-10)1-2-9-3-7/h9H,1-5H2. The van der Waals surface area contributed by atoms with E-state index in [2.05, 4.69) is 11.5 Å². The number of hydrogen-bond acceptors (Lipinski definition) is 3. The van der Waals surface area contributed by atoms with Gasteiger partial charge in [0.25, 0.3) is 0 Å². The average molecular weight is 137 g/mol. The van der Waals surface area contributed by atoms with Crippen molar-refractivity contribution in [2.24, 2.45) is 5.41 Å². The number of hydrogen-bond donors (Lipinski definition) is 1.